The maximum atomic E-state index is 15.2. The second-order valence-corrected chi connectivity index (χ2v) is 25.1. The van der Waals surface area contributed by atoms with Gasteiger partial charge in [0.05, 0.1) is 4.92 Å². The van der Waals surface area contributed by atoms with Crippen molar-refractivity contribution in [3.05, 3.63) is 39.9 Å². The van der Waals surface area contributed by atoms with Gasteiger partial charge in [-0.2, -0.15) is 0 Å². The molecule has 24 nitrogen and oxygen atoms in total. The van der Waals surface area contributed by atoms with Crippen molar-refractivity contribution in [3.63, 3.8) is 0 Å². The molecule has 0 spiro atoms. The van der Waals surface area contributed by atoms with Crippen LogP contribution >= 0.6 is 0 Å². The zero-order valence-electron chi connectivity index (χ0n) is 55.0. The molecule has 0 saturated carbocycles. The highest BCUT2D eigenvalue weighted by molar-refractivity contribution is 5.98. The Hall–Kier alpha value is -6.72. The fourth-order valence-corrected chi connectivity index (χ4v) is 10.8. The van der Waals surface area contributed by atoms with Crippen molar-refractivity contribution in [1.29, 1.82) is 0 Å². The number of hydrogen-bond donors (Lipinski definition) is 2. The molecule has 1 aliphatic rings. The van der Waals surface area contributed by atoms with Crippen LogP contribution in [0.4, 0.5) is 5.69 Å². The Balaban J connectivity index is 2.79. The average molecular weight is 1200 g/mol. The van der Waals surface area contributed by atoms with Crippen LogP contribution in [0.15, 0.2) is 24.3 Å². The first-order chi connectivity index (χ1) is 39.3. The van der Waals surface area contributed by atoms with Crippen LogP contribution in [0, 0.1) is 39.7 Å². The molecule has 85 heavy (non-hydrogen) atoms. The first kappa shape index (κ1) is 74.4. The van der Waals surface area contributed by atoms with Crippen LogP contribution in [0.5, 0.6) is 0 Å². The minimum atomic E-state index is -1.25. The van der Waals surface area contributed by atoms with Gasteiger partial charge in [0.1, 0.15) is 54.4 Å². The zero-order valence-corrected chi connectivity index (χ0v) is 55.0. The molecule has 2 rings (SSSR count). The lowest BCUT2D eigenvalue weighted by Crippen LogP contribution is -2.61. The fraction of sp³-hybridized carbons (Fsp3) is 0.738. The summed E-state index contributed by atoms with van der Waals surface area (Å²) < 4.78 is 5.85. The number of amides is 9. The largest absolute Gasteiger partial charge is 0.451 e. The number of ether oxygens (including phenoxy) is 1. The van der Waals surface area contributed by atoms with Crippen LogP contribution in [0.1, 0.15) is 134 Å². The number of hydrogen-bond acceptors (Lipinski definition) is 14. The highest BCUT2D eigenvalue weighted by Gasteiger charge is 2.43. The van der Waals surface area contributed by atoms with Crippen molar-refractivity contribution >= 4 is 64.8 Å². The molecule has 1 aliphatic heterocycles. The molecule has 1 aromatic rings. The number of nitro benzene ring substituents is 1. The maximum absolute atomic E-state index is 15.2. The molecular formula is C61H103N11O13. The molecule has 1 fully saturated rings. The first-order valence-corrected chi connectivity index (χ1v) is 29.9. The summed E-state index contributed by atoms with van der Waals surface area (Å²) in [5, 5.41) is 17.2. The van der Waals surface area contributed by atoms with Crippen LogP contribution < -0.4 is 10.6 Å². The van der Waals surface area contributed by atoms with Crippen LogP contribution in [0.2, 0.25) is 0 Å². The summed E-state index contributed by atoms with van der Waals surface area (Å²) in [6.45, 7) is 22.9. The predicted molar refractivity (Wildman–Crippen MR) is 324 cm³/mol. The van der Waals surface area contributed by atoms with E-state index in [1.54, 1.807) is 46.8 Å². The number of nitrogens with one attached hydrogen (secondary N) is 2. The first-order valence-electron chi connectivity index (χ1n) is 29.9. The summed E-state index contributed by atoms with van der Waals surface area (Å²) in [7, 11) is 13.7. The summed E-state index contributed by atoms with van der Waals surface area (Å²) in [6, 6.07) is -4.48. The third kappa shape index (κ3) is 19.9. The van der Waals surface area contributed by atoms with Gasteiger partial charge in [-0.25, -0.2) is 0 Å². The van der Waals surface area contributed by atoms with Crippen LogP contribution in [0.25, 0.3) is 0 Å². The molecule has 24 heteroatoms. The van der Waals surface area contributed by atoms with Gasteiger partial charge in [0.25, 0.3) is 11.6 Å². The lowest BCUT2D eigenvalue weighted by molar-refractivity contribution is -0.384. The Morgan fingerprint density at radius 3 is 1.76 bits per heavy atom. The van der Waals surface area contributed by atoms with E-state index in [0.717, 1.165) is 0 Å². The van der Waals surface area contributed by atoms with Crippen LogP contribution in [0.3, 0.4) is 0 Å². The normalized spacial score (nSPS) is 22.3. The standard InChI is InChI=1S/C61H103N11O13/c1-23-39(10)50-53(74)62-40(11)54(75)69(20)47(32-35(2)3)52(73)63-45(34-43-27-29-44(30-28-43)72(83)84)57(78)65(16)31-25-24-26-46(58(79)66(17)42(13)56(77)71(50)22)68(19)59(80)48(33-36(4)5)70(21)55(76)41(12)67(18)60(81)51(38(8)9)85-61(82)49(37(6)7)64(14)15/h27-30,35-42,45-51H,23-26,31-34H2,1-22H3,(H,62,74)(H,63,73)/t39-,40-,41-,42-,45-,46-,47-,48-,49-,50-,51+/m0/s1. The van der Waals surface area contributed by atoms with E-state index >= 15 is 9.59 Å². The van der Waals surface area contributed by atoms with Gasteiger partial charge in [-0.3, -0.25) is 63.0 Å². The van der Waals surface area contributed by atoms with E-state index < -0.39 is 136 Å². The molecule has 1 aromatic carbocycles. The van der Waals surface area contributed by atoms with E-state index in [1.807, 2.05) is 48.5 Å². The lowest BCUT2D eigenvalue weighted by Gasteiger charge is -2.40. The molecule has 11 atom stereocenters. The van der Waals surface area contributed by atoms with Gasteiger partial charge in [0.2, 0.25) is 47.3 Å². The second-order valence-electron chi connectivity index (χ2n) is 25.1. The summed E-state index contributed by atoms with van der Waals surface area (Å²) in [5.74, 6) is -7.42. The lowest BCUT2D eigenvalue weighted by atomic mass is 9.95. The van der Waals surface area contributed by atoms with E-state index in [2.05, 4.69) is 10.6 Å². The summed E-state index contributed by atoms with van der Waals surface area (Å²) in [5.41, 5.74) is 0.332. The van der Waals surface area contributed by atoms with Crippen molar-refractivity contribution in [2.24, 2.45) is 29.6 Å². The monoisotopic (exact) mass is 1200 g/mol. The maximum Gasteiger partial charge on any atom is 0.324 e. The van der Waals surface area contributed by atoms with Gasteiger partial charge in [-0.1, -0.05) is 87.8 Å². The third-order valence-electron chi connectivity index (χ3n) is 16.5. The minimum absolute atomic E-state index is 0.0146. The van der Waals surface area contributed by atoms with E-state index in [0.29, 0.717) is 12.0 Å². The Bertz CT molecular complexity index is 2480. The van der Waals surface area contributed by atoms with Gasteiger partial charge in [0.15, 0.2) is 6.10 Å². The highest BCUT2D eigenvalue weighted by Crippen LogP contribution is 2.25. The molecular weight excluding hydrogens is 1090 g/mol. The number of nitrogens with zero attached hydrogens (tertiary/aromatic N) is 9. The molecule has 0 aromatic heterocycles. The van der Waals surface area contributed by atoms with Gasteiger partial charge in [-0.05, 0) is 102 Å². The molecule has 9 amide bonds. The molecule has 0 unspecified atom stereocenters. The van der Waals surface area contributed by atoms with E-state index in [9.17, 15) is 48.5 Å². The van der Waals surface area contributed by atoms with Crippen molar-refractivity contribution in [1.82, 2.24) is 49.8 Å². The van der Waals surface area contributed by atoms with E-state index in [4.69, 9.17) is 4.74 Å². The van der Waals surface area contributed by atoms with Crippen LogP contribution in [-0.2, 0) is 59.1 Å². The van der Waals surface area contributed by atoms with Gasteiger partial charge < -0.3 is 49.7 Å². The van der Waals surface area contributed by atoms with E-state index in [-0.39, 0.29) is 68.5 Å². The molecule has 1 saturated heterocycles. The van der Waals surface area contributed by atoms with Crippen molar-refractivity contribution in [3.8, 4) is 0 Å². The van der Waals surface area contributed by atoms with Gasteiger partial charge in [0, 0.05) is 74.4 Å². The Morgan fingerprint density at radius 1 is 0.694 bits per heavy atom. The van der Waals surface area contributed by atoms with Gasteiger partial charge in [-0.15, -0.1) is 0 Å². The second kappa shape index (κ2) is 33.3. The SMILES string of the molecule is CC[C@H](C)[C@H]1C(=O)N[C@@H](C)C(=O)N(C)[C@@H](CC(C)C)C(=O)N[C@@H](Cc2ccc([N+](=O)[O-])cc2)C(=O)N(C)CCCC[C@H](N(C)C(=O)[C@H](CC(C)C)N(C)C(=O)[C@H](C)N(C)C(=O)[C@H](OC(=O)[C@H](C(C)C)N(C)C)C(C)C)C(=O)N(C)[C@@H](C)C(=O)N1C. The van der Waals surface area contributed by atoms with E-state index in [1.165, 1.54) is 122 Å². The summed E-state index contributed by atoms with van der Waals surface area (Å²) in [4.78, 5) is 166. The van der Waals surface area contributed by atoms with Gasteiger partial charge >= 0.3 is 5.97 Å². The summed E-state index contributed by atoms with van der Waals surface area (Å²) in [6.07, 6.45) is -0.0255. The number of esters is 1. The Morgan fingerprint density at radius 2 is 1.27 bits per heavy atom. The number of rotatable bonds is 20. The number of carbonyl (C=O) groups excluding carboxylic acids is 10. The van der Waals surface area contributed by atoms with Crippen molar-refractivity contribution < 1.29 is 57.6 Å². The fourth-order valence-electron chi connectivity index (χ4n) is 10.8. The number of benzene rings is 1. The number of non-ortho nitro benzene ring substituents is 1. The topological polar surface area (TPSA) is 273 Å². The Kier molecular flexibility index (Phi) is 29.1. The molecule has 1 heterocycles. The van der Waals surface area contributed by atoms with Crippen molar-refractivity contribution in [2.45, 2.75) is 195 Å². The summed E-state index contributed by atoms with van der Waals surface area (Å²) >= 11 is 0. The quantitative estimate of drug-likeness (QED) is 0.106. The van der Waals surface area contributed by atoms with Crippen molar-refractivity contribution in [2.75, 3.05) is 70.0 Å². The molecule has 480 valence electrons. The highest BCUT2D eigenvalue weighted by atomic mass is 16.6. The molecule has 0 aliphatic carbocycles. The minimum Gasteiger partial charge on any atom is -0.451 e. The number of carbonyl (C=O) groups is 10. The third-order valence-corrected chi connectivity index (χ3v) is 16.5. The molecule has 0 bridgehead atoms. The van der Waals surface area contributed by atoms with Crippen LogP contribution in [-0.4, -0.2) is 234 Å². The number of likely N-dealkylation sites (N-methyl/N-ethyl adjacent to an activating group) is 8. The molecule has 0 radical (unpaired) electrons. The predicted octanol–water partition coefficient (Wildman–Crippen LogP) is 4.06. The smallest absolute Gasteiger partial charge is 0.324 e. The molecule has 2 N–H and O–H groups in total. The average Bonchev–Trinajstić information content (AvgIpc) is 3.20. The Labute approximate surface area is 505 Å². The zero-order chi connectivity index (χ0) is 65.4. The number of nitro groups is 1.